The molecule has 1 unspecified atom stereocenters. The number of carboxylic acid groups (broad SMARTS) is 1. The molecular weight excluding hydrogens is 232 g/mol. The van der Waals surface area contributed by atoms with Crippen LogP contribution in [0.25, 0.3) is 0 Å². The Bertz CT molecular complexity index is 473. The first kappa shape index (κ1) is 12.6. The van der Waals surface area contributed by atoms with Gasteiger partial charge in [-0.25, -0.2) is 4.79 Å². The molecule has 0 saturated carbocycles. The maximum atomic E-state index is 11.9. The highest BCUT2D eigenvalue weighted by atomic mass is 16.4. The molecule has 1 aromatic rings. The van der Waals surface area contributed by atoms with Crippen molar-refractivity contribution in [1.29, 1.82) is 0 Å². The number of hydrogen-bond donors (Lipinski definition) is 2. The van der Waals surface area contributed by atoms with Crippen molar-refractivity contribution in [2.45, 2.75) is 19.0 Å². The van der Waals surface area contributed by atoms with Gasteiger partial charge in [-0.3, -0.25) is 4.79 Å². The number of benzene rings is 1. The van der Waals surface area contributed by atoms with Crippen molar-refractivity contribution in [3.8, 4) is 0 Å². The van der Waals surface area contributed by atoms with Crippen molar-refractivity contribution in [2.75, 3.05) is 13.6 Å². The molecule has 1 heterocycles. The minimum absolute atomic E-state index is 0.159. The molecule has 5 heteroatoms. The number of nitrogens with one attached hydrogen (secondary N) is 1. The smallest absolute Gasteiger partial charge is 0.326 e. The van der Waals surface area contributed by atoms with Crippen LogP contribution in [-0.4, -0.2) is 41.5 Å². The second kappa shape index (κ2) is 5.18. The number of carbonyl (C=O) groups is 2. The van der Waals surface area contributed by atoms with Crippen molar-refractivity contribution in [1.82, 2.24) is 10.2 Å². The summed E-state index contributed by atoms with van der Waals surface area (Å²) in [6.07, 6.45) is 0.376. The average Bonchev–Trinajstić information content (AvgIpc) is 2.37. The van der Waals surface area contributed by atoms with Gasteiger partial charge in [-0.1, -0.05) is 24.3 Å². The minimum Gasteiger partial charge on any atom is -0.480 e. The summed E-state index contributed by atoms with van der Waals surface area (Å²) in [6, 6.07) is 6.89. The van der Waals surface area contributed by atoms with Crippen LogP contribution in [0.4, 0.5) is 0 Å². The quantitative estimate of drug-likeness (QED) is 0.804. The number of nitrogens with zero attached hydrogens (tertiary/aromatic N) is 1. The molecule has 1 aliphatic rings. The third kappa shape index (κ3) is 2.36. The standard InChI is InChI=1S/C13H16N2O3/c1-14-7-12(16)15-8-10-5-3-2-4-9(10)6-11(15)13(17)18/h2-5,11,14H,6-8H2,1H3,(H,17,18). The molecule has 96 valence electrons. The van der Waals surface area contributed by atoms with Gasteiger partial charge in [0.15, 0.2) is 0 Å². The molecule has 1 aromatic carbocycles. The Morgan fingerprint density at radius 1 is 1.39 bits per heavy atom. The van der Waals surface area contributed by atoms with Crippen LogP contribution in [0.1, 0.15) is 11.1 Å². The molecule has 1 atom stereocenters. The average molecular weight is 248 g/mol. The molecule has 1 aliphatic heterocycles. The largest absolute Gasteiger partial charge is 0.480 e. The van der Waals surface area contributed by atoms with Gasteiger partial charge in [0.25, 0.3) is 0 Å². The van der Waals surface area contributed by atoms with Gasteiger partial charge in [-0.15, -0.1) is 0 Å². The molecule has 0 bridgehead atoms. The lowest BCUT2D eigenvalue weighted by molar-refractivity contribution is -0.151. The molecule has 5 nitrogen and oxygen atoms in total. The van der Waals surface area contributed by atoms with E-state index in [4.69, 9.17) is 0 Å². The van der Waals surface area contributed by atoms with E-state index in [2.05, 4.69) is 5.32 Å². The molecule has 0 radical (unpaired) electrons. The van der Waals surface area contributed by atoms with Crippen LogP contribution in [0.5, 0.6) is 0 Å². The van der Waals surface area contributed by atoms with Gasteiger partial charge in [-0.2, -0.15) is 0 Å². The lowest BCUT2D eigenvalue weighted by atomic mass is 9.94. The number of amides is 1. The fraction of sp³-hybridized carbons (Fsp3) is 0.385. The van der Waals surface area contributed by atoms with E-state index in [1.54, 1.807) is 7.05 Å². The van der Waals surface area contributed by atoms with Crippen molar-refractivity contribution in [3.63, 3.8) is 0 Å². The van der Waals surface area contributed by atoms with Gasteiger partial charge in [-0.05, 0) is 18.2 Å². The molecule has 0 fully saturated rings. The second-order valence-corrected chi connectivity index (χ2v) is 4.38. The van der Waals surface area contributed by atoms with Gasteiger partial charge >= 0.3 is 5.97 Å². The molecule has 0 spiro atoms. The number of carbonyl (C=O) groups excluding carboxylic acids is 1. The monoisotopic (exact) mass is 248 g/mol. The number of aliphatic carboxylic acids is 1. The van der Waals surface area contributed by atoms with Crippen LogP contribution in [0.2, 0.25) is 0 Å². The molecule has 1 amide bonds. The predicted octanol–water partition coefficient (Wildman–Crippen LogP) is 0.244. The summed E-state index contributed by atoms with van der Waals surface area (Å²) >= 11 is 0. The van der Waals surface area contributed by atoms with Crippen LogP contribution in [0, 0.1) is 0 Å². The summed E-state index contributed by atoms with van der Waals surface area (Å²) in [5, 5.41) is 12.0. The fourth-order valence-electron chi connectivity index (χ4n) is 2.26. The second-order valence-electron chi connectivity index (χ2n) is 4.38. The van der Waals surface area contributed by atoms with Crippen molar-refractivity contribution < 1.29 is 14.7 Å². The molecule has 2 N–H and O–H groups in total. The van der Waals surface area contributed by atoms with E-state index in [9.17, 15) is 14.7 Å². The summed E-state index contributed by atoms with van der Waals surface area (Å²) in [4.78, 5) is 24.6. The third-order valence-electron chi connectivity index (χ3n) is 3.18. The summed E-state index contributed by atoms with van der Waals surface area (Å²) in [5.41, 5.74) is 2.04. The van der Waals surface area contributed by atoms with Crippen molar-refractivity contribution in [3.05, 3.63) is 35.4 Å². The first-order valence-electron chi connectivity index (χ1n) is 5.87. The lowest BCUT2D eigenvalue weighted by Crippen LogP contribution is -2.50. The van der Waals surface area contributed by atoms with Crippen molar-refractivity contribution >= 4 is 11.9 Å². The third-order valence-corrected chi connectivity index (χ3v) is 3.18. The molecule has 18 heavy (non-hydrogen) atoms. The number of fused-ring (bicyclic) bond motifs is 1. The summed E-state index contributed by atoms with van der Waals surface area (Å²) < 4.78 is 0. The molecule has 2 rings (SSSR count). The van der Waals surface area contributed by atoms with Gasteiger partial charge in [0.1, 0.15) is 6.04 Å². The van der Waals surface area contributed by atoms with Crippen LogP contribution in [0.3, 0.4) is 0 Å². The maximum absolute atomic E-state index is 11.9. The number of hydrogen-bond acceptors (Lipinski definition) is 3. The van der Waals surface area contributed by atoms with Crippen LogP contribution >= 0.6 is 0 Å². The van der Waals surface area contributed by atoms with Crippen LogP contribution in [-0.2, 0) is 22.6 Å². The number of rotatable bonds is 3. The number of carboxylic acids is 1. The van der Waals surface area contributed by atoms with Gasteiger partial charge in [0.2, 0.25) is 5.91 Å². The number of likely N-dealkylation sites (N-methyl/N-ethyl adjacent to an activating group) is 1. The zero-order chi connectivity index (χ0) is 13.1. The van der Waals surface area contributed by atoms with Gasteiger partial charge in [0.05, 0.1) is 6.54 Å². The van der Waals surface area contributed by atoms with E-state index in [-0.39, 0.29) is 12.5 Å². The van der Waals surface area contributed by atoms with Crippen molar-refractivity contribution in [2.24, 2.45) is 0 Å². The van der Waals surface area contributed by atoms with E-state index in [1.807, 2.05) is 24.3 Å². The molecule has 0 aliphatic carbocycles. The van der Waals surface area contributed by atoms with Crippen LogP contribution in [0.15, 0.2) is 24.3 Å². The zero-order valence-corrected chi connectivity index (χ0v) is 10.2. The zero-order valence-electron chi connectivity index (χ0n) is 10.2. The highest BCUT2D eigenvalue weighted by molar-refractivity contribution is 5.85. The van der Waals surface area contributed by atoms with Gasteiger partial charge < -0.3 is 15.3 Å². The lowest BCUT2D eigenvalue weighted by Gasteiger charge is -2.34. The highest BCUT2D eigenvalue weighted by Crippen LogP contribution is 2.23. The minimum atomic E-state index is -0.950. The maximum Gasteiger partial charge on any atom is 0.326 e. The summed E-state index contributed by atoms with van der Waals surface area (Å²) in [5.74, 6) is -1.13. The van der Waals surface area contributed by atoms with E-state index in [1.165, 1.54) is 4.90 Å². The highest BCUT2D eigenvalue weighted by Gasteiger charge is 2.33. The van der Waals surface area contributed by atoms with Crippen LogP contribution < -0.4 is 5.32 Å². The normalized spacial score (nSPS) is 18.3. The van der Waals surface area contributed by atoms with E-state index >= 15 is 0 Å². The summed E-state index contributed by atoms with van der Waals surface area (Å²) in [6.45, 7) is 0.527. The first-order chi connectivity index (χ1) is 8.63. The Hall–Kier alpha value is -1.88. The Labute approximate surface area is 105 Å². The van der Waals surface area contributed by atoms with E-state index in [0.29, 0.717) is 13.0 Å². The Kier molecular flexibility index (Phi) is 3.62. The first-order valence-corrected chi connectivity index (χ1v) is 5.87. The topological polar surface area (TPSA) is 69.6 Å². The molecule has 0 aromatic heterocycles. The predicted molar refractivity (Wildman–Crippen MR) is 66.0 cm³/mol. The molecule has 0 saturated heterocycles. The van der Waals surface area contributed by atoms with Gasteiger partial charge in [0, 0.05) is 13.0 Å². The Morgan fingerprint density at radius 3 is 2.67 bits per heavy atom. The molecular formula is C13H16N2O3. The SMILES string of the molecule is CNCC(=O)N1Cc2ccccc2CC1C(=O)O. The Morgan fingerprint density at radius 2 is 2.06 bits per heavy atom. The van der Waals surface area contributed by atoms with E-state index in [0.717, 1.165) is 11.1 Å². The van der Waals surface area contributed by atoms with E-state index < -0.39 is 12.0 Å². The summed E-state index contributed by atoms with van der Waals surface area (Å²) in [7, 11) is 1.67. The fourth-order valence-corrected chi connectivity index (χ4v) is 2.26. The Balaban J connectivity index is 2.28.